The van der Waals surface area contributed by atoms with Crippen molar-refractivity contribution in [1.82, 2.24) is 4.90 Å². The predicted molar refractivity (Wildman–Crippen MR) is 154 cm³/mol. The molecular weight excluding hydrogens is 500 g/mol. The fourth-order valence-electron chi connectivity index (χ4n) is 5.57. The number of rotatable bonds is 9. The molecule has 202 valence electrons. The lowest BCUT2D eigenvalue weighted by Gasteiger charge is -2.32. The number of carbonyl (C=O) groups is 1. The van der Waals surface area contributed by atoms with E-state index in [1.54, 1.807) is 0 Å². The van der Waals surface area contributed by atoms with Gasteiger partial charge in [-0.05, 0) is 41.0 Å². The molecule has 0 bridgehead atoms. The normalized spacial score (nSPS) is 19.7. The summed E-state index contributed by atoms with van der Waals surface area (Å²) in [5.74, 6) is 1.12. The zero-order valence-electron chi connectivity index (χ0n) is 22.3. The Labute approximate surface area is 234 Å². The SMILES string of the molecule is O=C1N(Cc2ccccc2)Cc2ccccc2[C@H]2OC(c3ccc(OCCCO)cc3)=N[C@@]12Cc1ccccc1. The molecule has 0 unspecified atom stereocenters. The minimum atomic E-state index is -1.16. The highest BCUT2D eigenvalue weighted by Crippen LogP contribution is 2.46. The van der Waals surface area contributed by atoms with Crippen LogP contribution in [0.2, 0.25) is 0 Å². The lowest BCUT2D eigenvalue weighted by atomic mass is 9.81. The van der Waals surface area contributed by atoms with Crippen molar-refractivity contribution >= 4 is 11.8 Å². The molecule has 2 heterocycles. The average Bonchev–Trinajstić information content (AvgIpc) is 3.34. The van der Waals surface area contributed by atoms with Crippen molar-refractivity contribution < 1.29 is 19.4 Å². The Hall–Kier alpha value is -4.42. The van der Waals surface area contributed by atoms with Crippen LogP contribution in [-0.2, 0) is 29.0 Å². The summed E-state index contributed by atoms with van der Waals surface area (Å²) in [6.07, 6.45) is 0.429. The summed E-state index contributed by atoms with van der Waals surface area (Å²) in [6, 6.07) is 35.9. The van der Waals surface area contributed by atoms with E-state index < -0.39 is 11.6 Å². The number of nitrogens with zero attached hydrogens (tertiary/aromatic N) is 2. The molecule has 0 aromatic heterocycles. The van der Waals surface area contributed by atoms with Crippen LogP contribution in [0.1, 0.15) is 40.3 Å². The van der Waals surface area contributed by atoms with E-state index in [9.17, 15) is 4.79 Å². The molecule has 0 saturated carbocycles. The Kier molecular flexibility index (Phi) is 7.34. The number of fused-ring (bicyclic) bond motifs is 3. The lowest BCUT2D eigenvalue weighted by Crippen LogP contribution is -2.49. The molecule has 2 aliphatic rings. The number of aliphatic hydroxyl groups is 1. The number of benzene rings is 4. The number of hydrogen-bond donors (Lipinski definition) is 1. The van der Waals surface area contributed by atoms with Gasteiger partial charge in [0.1, 0.15) is 5.75 Å². The Bertz CT molecular complexity index is 1490. The van der Waals surface area contributed by atoms with Crippen LogP contribution in [0.25, 0.3) is 0 Å². The molecule has 2 aliphatic heterocycles. The number of aliphatic imine (C=N–C) groups is 1. The van der Waals surface area contributed by atoms with Gasteiger partial charge in [0.2, 0.25) is 5.90 Å². The Morgan fingerprint density at radius 2 is 1.55 bits per heavy atom. The summed E-state index contributed by atoms with van der Waals surface area (Å²) >= 11 is 0. The van der Waals surface area contributed by atoms with E-state index in [2.05, 4.69) is 24.3 Å². The van der Waals surface area contributed by atoms with Gasteiger partial charge in [-0.15, -0.1) is 0 Å². The van der Waals surface area contributed by atoms with Crippen molar-refractivity contribution in [3.8, 4) is 5.75 Å². The van der Waals surface area contributed by atoms with E-state index in [1.807, 2.05) is 89.8 Å². The highest BCUT2D eigenvalue weighted by atomic mass is 16.5. The van der Waals surface area contributed by atoms with Crippen molar-refractivity contribution in [2.24, 2.45) is 4.99 Å². The molecule has 0 saturated heterocycles. The Morgan fingerprint density at radius 1 is 0.875 bits per heavy atom. The quantitative estimate of drug-likeness (QED) is 0.290. The molecule has 0 radical (unpaired) electrons. The van der Waals surface area contributed by atoms with Crippen LogP contribution in [0, 0.1) is 0 Å². The molecule has 0 aliphatic carbocycles. The monoisotopic (exact) mass is 532 g/mol. The zero-order chi connectivity index (χ0) is 27.4. The topological polar surface area (TPSA) is 71.4 Å². The molecule has 1 amide bonds. The maximum Gasteiger partial charge on any atom is 0.255 e. The van der Waals surface area contributed by atoms with Crippen molar-refractivity contribution in [1.29, 1.82) is 0 Å². The number of amides is 1. The molecule has 2 atom stereocenters. The molecule has 6 nitrogen and oxygen atoms in total. The van der Waals surface area contributed by atoms with E-state index in [1.165, 1.54) is 0 Å². The number of ether oxygens (including phenoxy) is 2. The molecular formula is C34H32N2O4. The largest absolute Gasteiger partial charge is 0.494 e. The second kappa shape index (κ2) is 11.4. The first-order valence-electron chi connectivity index (χ1n) is 13.7. The van der Waals surface area contributed by atoms with Crippen molar-refractivity contribution in [2.45, 2.75) is 37.6 Å². The van der Waals surface area contributed by atoms with Gasteiger partial charge in [0, 0.05) is 43.7 Å². The lowest BCUT2D eigenvalue weighted by molar-refractivity contribution is -0.140. The predicted octanol–water partition coefficient (Wildman–Crippen LogP) is 5.49. The average molecular weight is 533 g/mol. The van der Waals surface area contributed by atoms with Crippen LogP contribution in [0.3, 0.4) is 0 Å². The molecule has 6 rings (SSSR count). The van der Waals surface area contributed by atoms with Gasteiger partial charge < -0.3 is 19.5 Å². The fourth-order valence-corrected chi connectivity index (χ4v) is 5.57. The summed E-state index contributed by atoms with van der Waals surface area (Å²) < 4.78 is 12.4. The van der Waals surface area contributed by atoms with Gasteiger partial charge in [-0.3, -0.25) is 4.79 Å². The van der Waals surface area contributed by atoms with E-state index in [0.717, 1.165) is 27.8 Å². The molecule has 6 heteroatoms. The van der Waals surface area contributed by atoms with Crippen LogP contribution >= 0.6 is 0 Å². The minimum Gasteiger partial charge on any atom is -0.494 e. The van der Waals surface area contributed by atoms with Gasteiger partial charge in [0.15, 0.2) is 11.6 Å². The van der Waals surface area contributed by atoms with Gasteiger partial charge in [-0.2, -0.15) is 0 Å². The molecule has 4 aromatic rings. The highest BCUT2D eigenvalue weighted by molar-refractivity contribution is 6.01. The molecule has 4 aromatic carbocycles. The van der Waals surface area contributed by atoms with Crippen molar-refractivity contribution in [3.05, 3.63) is 137 Å². The van der Waals surface area contributed by atoms with Gasteiger partial charge in [-0.25, -0.2) is 4.99 Å². The maximum absolute atomic E-state index is 14.7. The second-order valence-corrected chi connectivity index (χ2v) is 10.3. The molecule has 40 heavy (non-hydrogen) atoms. The standard InChI is InChI=1S/C34H32N2O4/c37-20-9-21-39-29-18-16-27(17-19-29)32-35-34(22-25-10-3-1-4-11-25)31(40-32)30-15-8-7-14-28(30)24-36(33(34)38)23-26-12-5-2-6-13-26/h1-8,10-19,31,37H,9,20-24H2/t31-,34-/m1/s1. The first kappa shape index (κ1) is 25.8. The van der Waals surface area contributed by atoms with Crippen LogP contribution in [0.5, 0.6) is 5.75 Å². The van der Waals surface area contributed by atoms with Crippen molar-refractivity contribution in [2.75, 3.05) is 13.2 Å². The first-order valence-corrected chi connectivity index (χ1v) is 13.7. The second-order valence-electron chi connectivity index (χ2n) is 10.3. The number of aliphatic hydroxyl groups excluding tert-OH is 1. The van der Waals surface area contributed by atoms with Gasteiger partial charge in [0.05, 0.1) is 6.61 Å². The van der Waals surface area contributed by atoms with Crippen LogP contribution in [0.4, 0.5) is 0 Å². The Morgan fingerprint density at radius 3 is 2.27 bits per heavy atom. The zero-order valence-corrected chi connectivity index (χ0v) is 22.3. The van der Waals surface area contributed by atoms with Crippen LogP contribution in [0.15, 0.2) is 114 Å². The molecule has 1 N–H and O–H groups in total. The molecule has 0 spiro atoms. The number of hydrogen-bond acceptors (Lipinski definition) is 5. The third kappa shape index (κ3) is 5.10. The smallest absolute Gasteiger partial charge is 0.255 e. The number of carbonyl (C=O) groups excluding carboxylic acids is 1. The summed E-state index contributed by atoms with van der Waals surface area (Å²) in [5.41, 5.74) is 3.78. The van der Waals surface area contributed by atoms with Gasteiger partial charge in [0.25, 0.3) is 5.91 Å². The van der Waals surface area contributed by atoms with E-state index >= 15 is 0 Å². The summed E-state index contributed by atoms with van der Waals surface area (Å²) in [5, 5.41) is 9.03. The summed E-state index contributed by atoms with van der Waals surface area (Å²) in [7, 11) is 0. The third-order valence-corrected chi connectivity index (χ3v) is 7.53. The van der Waals surface area contributed by atoms with E-state index in [4.69, 9.17) is 19.6 Å². The minimum absolute atomic E-state index is 0.0413. The first-order chi connectivity index (χ1) is 19.7. The third-order valence-electron chi connectivity index (χ3n) is 7.53. The maximum atomic E-state index is 14.7. The van der Waals surface area contributed by atoms with Gasteiger partial charge >= 0.3 is 0 Å². The van der Waals surface area contributed by atoms with Gasteiger partial charge in [-0.1, -0.05) is 84.9 Å². The Balaban J connectivity index is 1.43. The van der Waals surface area contributed by atoms with Crippen molar-refractivity contribution in [3.63, 3.8) is 0 Å². The van der Waals surface area contributed by atoms with Crippen LogP contribution < -0.4 is 4.74 Å². The highest BCUT2D eigenvalue weighted by Gasteiger charge is 2.56. The van der Waals surface area contributed by atoms with E-state index in [-0.39, 0.29) is 12.5 Å². The summed E-state index contributed by atoms with van der Waals surface area (Å²) in [6.45, 7) is 1.51. The van der Waals surface area contributed by atoms with Crippen LogP contribution in [-0.4, -0.2) is 40.6 Å². The molecule has 0 fully saturated rings. The fraction of sp³-hybridized carbons (Fsp3) is 0.235. The van der Waals surface area contributed by atoms with E-state index in [0.29, 0.717) is 44.2 Å². The summed E-state index contributed by atoms with van der Waals surface area (Å²) in [4.78, 5) is 21.8.